The molecule has 6 heteroatoms. The van der Waals surface area contributed by atoms with E-state index in [1.54, 1.807) is 0 Å². The Labute approximate surface area is 140 Å². The molecule has 1 amide bonds. The van der Waals surface area contributed by atoms with Gasteiger partial charge in [-0.2, -0.15) is 0 Å². The number of likely N-dealkylation sites (tertiary alicyclic amines) is 1. The molecule has 1 aliphatic heterocycles. The summed E-state index contributed by atoms with van der Waals surface area (Å²) in [7, 11) is 0. The first kappa shape index (κ1) is 16.9. The third kappa shape index (κ3) is 3.66. The van der Waals surface area contributed by atoms with Gasteiger partial charge in [0, 0.05) is 25.0 Å². The Hall–Kier alpha value is -1.43. The molecule has 0 atom stereocenters. The van der Waals surface area contributed by atoms with E-state index >= 15 is 0 Å². The van der Waals surface area contributed by atoms with Gasteiger partial charge in [-0.15, -0.1) is 23.7 Å². The monoisotopic (exact) mass is 337 g/mol. The molecule has 2 N–H and O–H groups in total. The maximum atomic E-state index is 12.4. The average molecular weight is 338 g/mol. The van der Waals surface area contributed by atoms with Crippen molar-refractivity contribution >= 4 is 29.7 Å². The van der Waals surface area contributed by atoms with Gasteiger partial charge < -0.3 is 10.6 Å². The second kappa shape index (κ2) is 7.72. The highest BCUT2D eigenvalue weighted by atomic mass is 35.5. The molecule has 1 fully saturated rings. The molecule has 0 saturated carbocycles. The first-order chi connectivity index (χ1) is 10.3. The number of amides is 1. The van der Waals surface area contributed by atoms with E-state index < -0.39 is 0 Å². The number of nitrogens with two attached hydrogens (primary N) is 1. The van der Waals surface area contributed by atoms with Gasteiger partial charge >= 0.3 is 0 Å². The lowest BCUT2D eigenvalue weighted by molar-refractivity contribution is 0.0707. The minimum atomic E-state index is 0. The molecule has 22 heavy (non-hydrogen) atoms. The van der Waals surface area contributed by atoms with Crippen molar-refractivity contribution < 1.29 is 4.79 Å². The highest BCUT2D eigenvalue weighted by Gasteiger charge is 2.25. The standard InChI is InChI=1S/C16H19N3OS.ClH/c17-10-15-18-14(11-21-15)16(20)19-8-6-13(7-9-19)12-4-2-1-3-5-12;/h1-5,11,13H,6-10,17H2;1H. The lowest BCUT2D eigenvalue weighted by Gasteiger charge is -2.31. The van der Waals surface area contributed by atoms with Crippen molar-refractivity contribution in [1.82, 2.24) is 9.88 Å². The number of rotatable bonds is 3. The van der Waals surface area contributed by atoms with E-state index in [1.165, 1.54) is 16.9 Å². The van der Waals surface area contributed by atoms with Crippen molar-refractivity contribution in [2.24, 2.45) is 5.73 Å². The van der Waals surface area contributed by atoms with E-state index in [1.807, 2.05) is 16.3 Å². The van der Waals surface area contributed by atoms with Crippen LogP contribution in [0, 0.1) is 0 Å². The van der Waals surface area contributed by atoms with Crippen molar-refractivity contribution in [3.8, 4) is 0 Å². The first-order valence-electron chi connectivity index (χ1n) is 7.26. The number of hydrogen-bond acceptors (Lipinski definition) is 4. The number of hydrogen-bond donors (Lipinski definition) is 1. The van der Waals surface area contributed by atoms with Gasteiger partial charge in [0.15, 0.2) is 0 Å². The summed E-state index contributed by atoms with van der Waals surface area (Å²) in [5.74, 6) is 0.600. The minimum Gasteiger partial charge on any atom is -0.337 e. The largest absolute Gasteiger partial charge is 0.337 e. The molecule has 2 aromatic rings. The number of aromatic nitrogens is 1. The van der Waals surface area contributed by atoms with E-state index in [2.05, 4.69) is 29.2 Å². The number of halogens is 1. The fourth-order valence-corrected chi connectivity index (χ4v) is 3.45. The third-order valence-corrected chi connectivity index (χ3v) is 4.87. The fourth-order valence-electron chi connectivity index (χ4n) is 2.81. The van der Waals surface area contributed by atoms with Crippen molar-refractivity contribution in [3.63, 3.8) is 0 Å². The normalized spacial score (nSPS) is 15.4. The van der Waals surface area contributed by atoms with Gasteiger partial charge in [0.2, 0.25) is 0 Å². The van der Waals surface area contributed by atoms with Crippen LogP contribution in [0.3, 0.4) is 0 Å². The molecule has 1 saturated heterocycles. The third-order valence-electron chi connectivity index (χ3n) is 4.00. The number of nitrogens with zero attached hydrogens (tertiary/aromatic N) is 2. The number of carbonyl (C=O) groups excluding carboxylic acids is 1. The van der Waals surface area contributed by atoms with Crippen LogP contribution >= 0.6 is 23.7 Å². The van der Waals surface area contributed by atoms with E-state index in [0.717, 1.165) is 30.9 Å². The van der Waals surface area contributed by atoms with Crippen LogP contribution in [-0.2, 0) is 6.54 Å². The van der Waals surface area contributed by atoms with Crippen LogP contribution in [0.25, 0.3) is 0 Å². The molecule has 0 unspecified atom stereocenters. The molecule has 4 nitrogen and oxygen atoms in total. The molecule has 118 valence electrons. The van der Waals surface area contributed by atoms with Gasteiger partial charge in [0.1, 0.15) is 10.7 Å². The Kier molecular flexibility index (Phi) is 5.94. The molecule has 1 aromatic carbocycles. The SMILES string of the molecule is Cl.NCc1nc(C(=O)N2CCC(c3ccccc3)CC2)cs1. The summed E-state index contributed by atoms with van der Waals surface area (Å²) in [5.41, 5.74) is 7.47. The van der Waals surface area contributed by atoms with Gasteiger partial charge in [-0.1, -0.05) is 30.3 Å². The number of benzene rings is 1. The second-order valence-electron chi connectivity index (χ2n) is 5.31. The summed E-state index contributed by atoms with van der Waals surface area (Å²) in [6, 6.07) is 10.6. The van der Waals surface area contributed by atoms with E-state index in [0.29, 0.717) is 18.2 Å². The lowest BCUT2D eigenvalue weighted by Crippen LogP contribution is -2.38. The molecule has 2 heterocycles. The predicted octanol–water partition coefficient (Wildman–Crippen LogP) is 3.04. The summed E-state index contributed by atoms with van der Waals surface area (Å²) >= 11 is 1.46. The summed E-state index contributed by atoms with van der Waals surface area (Å²) in [5, 5.41) is 2.63. The maximum absolute atomic E-state index is 12.4. The smallest absolute Gasteiger partial charge is 0.273 e. The molecular weight excluding hydrogens is 318 g/mol. The van der Waals surface area contributed by atoms with E-state index in [-0.39, 0.29) is 18.3 Å². The highest BCUT2D eigenvalue weighted by molar-refractivity contribution is 7.09. The Morgan fingerprint density at radius 2 is 1.95 bits per heavy atom. The molecule has 1 aliphatic rings. The van der Waals surface area contributed by atoms with Crippen LogP contribution < -0.4 is 5.73 Å². The van der Waals surface area contributed by atoms with Crippen molar-refractivity contribution in [2.45, 2.75) is 25.3 Å². The molecule has 1 aromatic heterocycles. The summed E-state index contributed by atoms with van der Waals surface area (Å²) in [6.07, 6.45) is 2.03. The topological polar surface area (TPSA) is 59.2 Å². The number of piperidine rings is 1. The Morgan fingerprint density at radius 3 is 2.55 bits per heavy atom. The molecular formula is C16H20ClN3OS. The van der Waals surface area contributed by atoms with E-state index in [4.69, 9.17) is 5.73 Å². The molecule has 3 rings (SSSR count). The Morgan fingerprint density at radius 1 is 1.27 bits per heavy atom. The quantitative estimate of drug-likeness (QED) is 0.936. The van der Waals surface area contributed by atoms with Gasteiger partial charge in [-0.05, 0) is 24.3 Å². The van der Waals surface area contributed by atoms with E-state index in [9.17, 15) is 4.79 Å². The van der Waals surface area contributed by atoms with Gasteiger partial charge in [-0.3, -0.25) is 4.79 Å². The Bertz CT molecular complexity index is 609. The molecule has 0 spiro atoms. The summed E-state index contributed by atoms with van der Waals surface area (Å²) in [4.78, 5) is 18.6. The summed E-state index contributed by atoms with van der Waals surface area (Å²) in [6.45, 7) is 2.00. The Balaban J connectivity index is 0.00000176. The van der Waals surface area contributed by atoms with Crippen molar-refractivity contribution in [3.05, 3.63) is 52.0 Å². The zero-order valence-electron chi connectivity index (χ0n) is 12.3. The predicted molar refractivity (Wildman–Crippen MR) is 91.6 cm³/mol. The van der Waals surface area contributed by atoms with Crippen LogP contribution in [0.1, 0.15) is 39.8 Å². The zero-order chi connectivity index (χ0) is 14.7. The van der Waals surface area contributed by atoms with Gasteiger partial charge in [-0.25, -0.2) is 4.98 Å². The number of carbonyl (C=O) groups is 1. The molecule has 0 aliphatic carbocycles. The molecule has 0 bridgehead atoms. The lowest BCUT2D eigenvalue weighted by atomic mass is 9.89. The summed E-state index contributed by atoms with van der Waals surface area (Å²) < 4.78 is 0. The minimum absolute atomic E-state index is 0. The second-order valence-corrected chi connectivity index (χ2v) is 6.25. The van der Waals surface area contributed by atoms with Crippen molar-refractivity contribution in [2.75, 3.05) is 13.1 Å². The molecule has 0 radical (unpaired) electrons. The van der Waals surface area contributed by atoms with Crippen LogP contribution in [0.2, 0.25) is 0 Å². The van der Waals surface area contributed by atoms with Gasteiger partial charge in [0.05, 0.1) is 0 Å². The van der Waals surface area contributed by atoms with Crippen LogP contribution in [0.4, 0.5) is 0 Å². The maximum Gasteiger partial charge on any atom is 0.273 e. The fraction of sp³-hybridized carbons (Fsp3) is 0.375. The first-order valence-corrected chi connectivity index (χ1v) is 8.14. The van der Waals surface area contributed by atoms with Crippen LogP contribution in [0.15, 0.2) is 35.7 Å². The van der Waals surface area contributed by atoms with Crippen LogP contribution in [0.5, 0.6) is 0 Å². The van der Waals surface area contributed by atoms with Crippen LogP contribution in [-0.4, -0.2) is 28.9 Å². The zero-order valence-corrected chi connectivity index (χ0v) is 13.9. The highest BCUT2D eigenvalue weighted by Crippen LogP contribution is 2.28. The average Bonchev–Trinajstić information content (AvgIpc) is 3.04. The van der Waals surface area contributed by atoms with Crippen molar-refractivity contribution in [1.29, 1.82) is 0 Å². The van der Waals surface area contributed by atoms with Gasteiger partial charge in [0.25, 0.3) is 5.91 Å². The number of thiazole rings is 1.